The molecule has 0 bridgehead atoms. The Labute approximate surface area is 224 Å². The Kier molecular flexibility index (Phi) is 7.29. The summed E-state index contributed by atoms with van der Waals surface area (Å²) in [5.41, 5.74) is 1.64. The molecule has 1 saturated carbocycles. The SMILES string of the molecule is CO/C(C)=C/C(=C\C(C)C)S(=O)c1c(N2C(=O)c3ccccc3C2=O)n(C2CCCCC2)c2nccnc12. The molecule has 3 aromatic rings. The number of carbonyl (C=O) groups is 2. The van der Waals surface area contributed by atoms with Gasteiger partial charge in [-0.1, -0.05) is 51.3 Å². The molecule has 2 amide bonds. The molecule has 2 aromatic heterocycles. The van der Waals surface area contributed by atoms with Gasteiger partial charge < -0.3 is 9.30 Å². The summed E-state index contributed by atoms with van der Waals surface area (Å²) in [7, 11) is -0.228. The molecule has 0 saturated heterocycles. The Bertz CT molecular complexity index is 1460. The Morgan fingerprint density at radius 2 is 1.68 bits per heavy atom. The summed E-state index contributed by atoms with van der Waals surface area (Å²) < 4.78 is 21.8. The number of fused-ring (bicyclic) bond motifs is 2. The zero-order chi connectivity index (χ0) is 27.0. The summed E-state index contributed by atoms with van der Waals surface area (Å²) in [6, 6.07) is 6.81. The summed E-state index contributed by atoms with van der Waals surface area (Å²) in [4.78, 5) is 38.8. The van der Waals surface area contributed by atoms with Crippen LogP contribution in [0, 0.1) is 5.92 Å². The van der Waals surface area contributed by atoms with E-state index in [1.165, 1.54) is 4.90 Å². The van der Waals surface area contributed by atoms with Crippen molar-refractivity contribution in [2.45, 2.75) is 63.8 Å². The highest BCUT2D eigenvalue weighted by atomic mass is 32.2. The quantitative estimate of drug-likeness (QED) is 0.213. The third kappa shape index (κ3) is 4.49. The fraction of sp³-hybridized carbons (Fsp3) is 0.379. The highest BCUT2D eigenvalue weighted by Crippen LogP contribution is 2.44. The molecule has 3 heterocycles. The van der Waals surface area contributed by atoms with E-state index in [1.807, 2.05) is 24.5 Å². The van der Waals surface area contributed by atoms with Crippen molar-refractivity contribution in [1.29, 1.82) is 0 Å². The molecule has 1 aromatic carbocycles. The van der Waals surface area contributed by atoms with E-state index < -0.39 is 22.6 Å². The van der Waals surface area contributed by atoms with Crippen LogP contribution in [0.4, 0.5) is 5.82 Å². The monoisotopic (exact) mass is 532 g/mol. The molecule has 0 N–H and O–H groups in total. The molecule has 9 heteroatoms. The molecule has 0 spiro atoms. The van der Waals surface area contributed by atoms with Gasteiger partial charge in [0.25, 0.3) is 11.8 Å². The zero-order valence-corrected chi connectivity index (χ0v) is 23.0. The minimum Gasteiger partial charge on any atom is -0.501 e. The maximum absolute atomic E-state index is 14.5. The Balaban J connectivity index is 1.82. The van der Waals surface area contributed by atoms with Crippen LogP contribution in [-0.2, 0) is 15.5 Å². The predicted octanol–water partition coefficient (Wildman–Crippen LogP) is 5.93. The van der Waals surface area contributed by atoms with Crippen LogP contribution in [-0.4, -0.2) is 37.7 Å². The maximum Gasteiger partial charge on any atom is 0.267 e. The number of rotatable bonds is 7. The average molecular weight is 533 g/mol. The van der Waals surface area contributed by atoms with Gasteiger partial charge in [-0.25, -0.2) is 19.1 Å². The van der Waals surface area contributed by atoms with Crippen molar-refractivity contribution >= 4 is 39.6 Å². The molecule has 2 aliphatic rings. The Hall–Kier alpha value is -3.59. The first-order valence-corrected chi connectivity index (χ1v) is 14.2. The van der Waals surface area contributed by atoms with Crippen molar-refractivity contribution < 1.29 is 18.5 Å². The smallest absolute Gasteiger partial charge is 0.267 e. The van der Waals surface area contributed by atoms with Gasteiger partial charge in [0.2, 0.25) is 0 Å². The second-order valence-corrected chi connectivity index (χ2v) is 11.5. The summed E-state index contributed by atoms with van der Waals surface area (Å²) in [6.07, 6.45) is 11.7. The molecular weight excluding hydrogens is 500 g/mol. The van der Waals surface area contributed by atoms with Gasteiger partial charge >= 0.3 is 0 Å². The van der Waals surface area contributed by atoms with E-state index >= 15 is 0 Å². The lowest BCUT2D eigenvalue weighted by atomic mass is 9.95. The van der Waals surface area contributed by atoms with Gasteiger partial charge in [-0.15, -0.1) is 0 Å². The number of aromatic nitrogens is 3. The van der Waals surface area contributed by atoms with Crippen LogP contribution in [0.1, 0.15) is 79.6 Å². The first-order chi connectivity index (χ1) is 18.3. The number of amides is 2. The third-order valence-corrected chi connectivity index (χ3v) is 8.49. The van der Waals surface area contributed by atoms with Gasteiger partial charge in [-0.3, -0.25) is 9.59 Å². The molecule has 1 fully saturated rings. The van der Waals surface area contributed by atoms with E-state index in [4.69, 9.17) is 4.74 Å². The van der Waals surface area contributed by atoms with E-state index in [0.717, 1.165) is 32.1 Å². The van der Waals surface area contributed by atoms with Gasteiger partial charge in [0.1, 0.15) is 16.2 Å². The number of imide groups is 1. The lowest BCUT2D eigenvalue weighted by Crippen LogP contribution is -2.33. The van der Waals surface area contributed by atoms with Crippen LogP contribution >= 0.6 is 0 Å². The van der Waals surface area contributed by atoms with E-state index in [0.29, 0.717) is 43.7 Å². The van der Waals surface area contributed by atoms with E-state index in [-0.39, 0.29) is 12.0 Å². The Morgan fingerprint density at radius 3 is 2.29 bits per heavy atom. The summed E-state index contributed by atoms with van der Waals surface area (Å²) in [6.45, 7) is 5.80. The van der Waals surface area contributed by atoms with E-state index in [1.54, 1.807) is 56.8 Å². The van der Waals surface area contributed by atoms with Crippen molar-refractivity contribution in [2.75, 3.05) is 12.0 Å². The molecule has 1 aliphatic heterocycles. The molecular formula is C29H32N4O4S. The first-order valence-electron chi connectivity index (χ1n) is 13.0. The molecule has 1 atom stereocenters. The third-order valence-electron chi connectivity index (χ3n) is 7.06. The molecule has 5 rings (SSSR count). The van der Waals surface area contributed by atoms with E-state index in [2.05, 4.69) is 9.97 Å². The number of methoxy groups -OCH3 is 1. The average Bonchev–Trinajstić information content (AvgIpc) is 3.39. The van der Waals surface area contributed by atoms with Gasteiger partial charge in [0, 0.05) is 23.3 Å². The standard InChI is InChI=1S/C29H32N4O4S/c1-18(2)16-21(17-19(3)37-4)38(36)25-24-26(31-15-14-30-24)32(20-10-6-5-7-11-20)27(25)33-28(34)22-12-8-9-13-23(22)29(33)35/h8-9,12-18,20H,5-7,10-11H2,1-4H3/b19-17+,21-16+. The van der Waals surface area contributed by atoms with Crippen LogP contribution in [0.5, 0.6) is 0 Å². The topological polar surface area (TPSA) is 94.4 Å². The minimum atomic E-state index is -1.79. The van der Waals surface area contributed by atoms with Crippen LogP contribution in [0.2, 0.25) is 0 Å². The number of anilines is 1. The summed E-state index contributed by atoms with van der Waals surface area (Å²) in [5.74, 6) is 0.134. The second-order valence-electron chi connectivity index (χ2n) is 10.1. The first kappa shape index (κ1) is 26.0. The predicted molar refractivity (Wildman–Crippen MR) is 147 cm³/mol. The van der Waals surface area contributed by atoms with Crippen LogP contribution in [0.3, 0.4) is 0 Å². The van der Waals surface area contributed by atoms with Crippen molar-refractivity contribution in [3.05, 3.63) is 70.6 Å². The summed E-state index contributed by atoms with van der Waals surface area (Å²) in [5, 5.41) is 0. The lowest BCUT2D eigenvalue weighted by Gasteiger charge is -2.28. The highest BCUT2D eigenvalue weighted by Gasteiger charge is 2.43. The van der Waals surface area contributed by atoms with Crippen molar-refractivity contribution in [3.8, 4) is 0 Å². The molecule has 198 valence electrons. The largest absolute Gasteiger partial charge is 0.501 e. The number of allylic oxidation sites excluding steroid dienone is 3. The number of ether oxygens (including phenoxy) is 1. The highest BCUT2D eigenvalue weighted by molar-refractivity contribution is 7.89. The molecule has 1 aliphatic carbocycles. The zero-order valence-electron chi connectivity index (χ0n) is 22.1. The van der Waals surface area contributed by atoms with Crippen molar-refractivity contribution in [1.82, 2.24) is 14.5 Å². The molecule has 1 unspecified atom stereocenters. The van der Waals surface area contributed by atoms with Crippen LogP contribution < -0.4 is 4.90 Å². The number of carbonyl (C=O) groups excluding carboxylic acids is 2. The Morgan fingerprint density at radius 1 is 1.05 bits per heavy atom. The maximum atomic E-state index is 14.5. The van der Waals surface area contributed by atoms with Gasteiger partial charge in [-0.2, -0.15) is 0 Å². The number of nitrogens with zero attached hydrogens (tertiary/aromatic N) is 4. The number of benzene rings is 1. The molecule has 0 radical (unpaired) electrons. The fourth-order valence-corrected chi connectivity index (χ4v) is 6.88. The lowest BCUT2D eigenvalue weighted by molar-refractivity contribution is 0.0922. The fourth-order valence-electron chi connectivity index (χ4n) is 5.30. The number of hydrogen-bond acceptors (Lipinski definition) is 6. The molecule has 38 heavy (non-hydrogen) atoms. The molecule has 8 nitrogen and oxygen atoms in total. The van der Waals surface area contributed by atoms with Gasteiger partial charge in [0.05, 0.1) is 34.8 Å². The normalized spacial score (nSPS) is 18.0. The van der Waals surface area contributed by atoms with Crippen LogP contribution in [0.15, 0.2) is 64.4 Å². The van der Waals surface area contributed by atoms with Crippen molar-refractivity contribution in [3.63, 3.8) is 0 Å². The minimum absolute atomic E-state index is 0.00166. The summed E-state index contributed by atoms with van der Waals surface area (Å²) >= 11 is 0. The van der Waals surface area contributed by atoms with Gasteiger partial charge in [0.15, 0.2) is 5.65 Å². The number of hydrogen-bond donors (Lipinski definition) is 0. The second kappa shape index (κ2) is 10.6. The van der Waals surface area contributed by atoms with Crippen LogP contribution in [0.25, 0.3) is 11.2 Å². The van der Waals surface area contributed by atoms with E-state index in [9.17, 15) is 13.8 Å². The van der Waals surface area contributed by atoms with Gasteiger partial charge in [-0.05, 0) is 43.9 Å². The van der Waals surface area contributed by atoms with Crippen molar-refractivity contribution in [2.24, 2.45) is 5.92 Å².